The molecule has 0 radical (unpaired) electrons. The maximum absolute atomic E-state index is 4.72. The molecule has 3 heteroatoms. The fourth-order valence-electron chi connectivity index (χ4n) is 4.19. The van der Waals surface area contributed by atoms with E-state index in [0.29, 0.717) is 0 Å². The van der Waals surface area contributed by atoms with Crippen LogP contribution < -0.4 is 0 Å². The van der Waals surface area contributed by atoms with E-state index in [1.807, 2.05) is 6.34 Å². The largest absolute Gasteiger partial charge is 0.354 e. The Bertz CT molecular complexity index is 833. The second-order valence-corrected chi connectivity index (χ2v) is 10.9. The van der Waals surface area contributed by atoms with E-state index in [1.54, 1.807) is 0 Å². The van der Waals surface area contributed by atoms with Gasteiger partial charge in [0.2, 0.25) is 0 Å². The summed E-state index contributed by atoms with van der Waals surface area (Å²) in [4.78, 5) is 6.68. The Labute approximate surface area is 190 Å². The quantitative estimate of drug-likeness (QED) is 0.347. The van der Waals surface area contributed by atoms with Crippen LogP contribution in [0.3, 0.4) is 0 Å². The third-order valence-corrected chi connectivity index (χ3v) is 5.79. The number of aryl methyl sites for hydroxylation is 1. The first-order chi connectivity index (χ1) is 13.9. The zero-order chi connectivity index (χ0) is 22.5. The van der Waals surface area contributed by atoms with Crippen molar-refractivity contribution in [2.75, 3.05) is 7.05 Å². The minimum Gasteiger partial charge on any atom is -0.354 e. The van der Waals surface area contributed by atoms with Crippen molar-refractivity contribution >= 4 is 19.0 Å². The van der Waals surface area contributed by atoms with Crippen molar-refractivity contribution in [1.82, 2.24) is 4.90 Å². The summed E-state index contributed by atoms with van der Waals surface area (Å²) in [5.74, 6) is 0. The Balaban J connectivity index is 2.42. The highest BCUT2D eigenvalue weighted by atomic mass is 32.1. The Morgan fingerprint density at radius 1 is 1.13 bits per heavy atom. The molecule has 2 rings (SSSR count). The lowest BCUT2D eigenvalue weighted by atomic mass is 9.79. The summed E-state index contributed by atoms with van der Waals surface area (Å²) in [6.07, 6.45) is 12.3. The molecular formula is C27H40N2S. The highest BCUT2D eigenvalue weighted by Gasteiger charge is 2.25. The van der Waals surface area contributed by atoms with Gasteiger partial charge in [-0.2, -0.15) is 0 Å². The number of benzene rings is 1. The molecule has 0 aliphatic carbocycles. The minimum absolute atomic E-state index is 0.117. The Morgan fingerprint density at radius 2 is 1.77 bits per heavy atom. The summed E-state index contributed by atoms with van der Waals surface area (Å²) in [6.45, 7) is 15.9. The van der Waals surface area contributed by atoms with E-state index in [2.05, 4.69) is 108 Å². The lowest BCUT2D eigenvalue weighted by Crippen LogP contribution is -2.27. The summed E-state index contributed by atoms with van der Waals surface area (Å²) in [7, 11) is 2.08. The number of thiol groups is 1. The molecule has 0 spiro atoms. The van der Waals surface area contributed by atoms with Crippen LogP contribution in [0, 0.1) is 17.8 Å². The summed E-state index contributed by atoms with van der Waals surface area (Å²) in [5, 5.41) is 0.790. The zero-order valence-electron chi connectivity index (χ0n) is 20.2. The van der Waals surface area contributed by atoms with Crippen molar-refractivity contribution in [2.45, 2.75) is 73.8 Å². The van der Waals surface area contributed by atoms with Crippen LogP contribution in [0.25, 0.3) is 0 Å². The van der Waals surface area contributed by atoms with Gasteiger partial charge in [0.15, 0.2) is 0 Å². The van der Waals surface area contributed by atoms with Crippen molar-refractivity contribution in [3.05, 3.63) is 69.8 Å². The molecule has 0 saturated carbocycles. The number of hydrogen-bond acceptors (Lipinski definition) is 3. The SMILES string of the molecule is CCCC(C)(C)CC(/C=C/C1=C(S)N=CN(C)C1c1ccc(C)cc1)=C\C(C)(C)C. The van der Waals surface area contributed by atoms with Crippen LogP contribution in [0.5, 0.6) is 0 Å². The number of aliphatic imine (C=N–C) groups is 1. The van der Waals surface area contributed by atoms with Crippen LogP contribution in [-0.2, 0) is 0 Å². The molecule has 1 unspecified atom stereocenters. The van der Waals surface area contributed by atoms with Gasteiger partial charge >= 0.3 is 0 Å². The lowest BCUT2D eigenvalue weighted by Gasteiger charge is -2.31. The van der Waals surface area contributed by atoms with E-state index in [9.17, 15) is 0 Å². The average molecular weight is 425 g/mol. The van der Waals surface area contributed by atoms with E-state index < -0.39 is 0 Å². The molecule has 0 N–H and O–H groups in total. The normalized spacial score (nSPS) is 18.6. The standard InChI is InChI=1S/C27H40N2S/c1-9-16-27(6,7)18-21(17-26(3,4)5)12-15-23-24(29(8)19-28-25(23)30)22-13-10-20(2)11-14-22/h10-15,17,19,24,30H,9,16,18H2,1-8H3/b15-12+,21-17-. The fraction of sp³-hybridized carbons (Fsp3) is 0.519. The van der Waals surface area contributed by atoms with Gasteiger partial charge in [0.1, 0.15) is 5.03 Å². The van der Waals surface area contributed by atoms with Crippen molar-refractivity contribution < 1.29 is 0 Å². The van der Waals surface area contributed by atoms with Crippen LogP contribution in [0.4, 0.5) is 0 Å². The molecule has 0 bridgehead atoms. The summed E-state index contributed by atoms with van der Waals surface area (Å²) in [5.41, 5.74) is 5.47. The molecule has 1 aliphatic rings. The van der Waals surface area contributed by atoms with Crippen LogP contribution in [0.2, 0.25) is 0 Å². The number of nitrogens with zero attached hydrogens (tertiary/aromatic N) is 2. The second-order valence-electron chi connectivity index (χ2n) is 10.5. The first kappa shape index (κ1) is 24.5. The maximum atomic E-state index is 4.72. The van der Waals surface area contributed by atoms with Gasteiger partial charge in [-0.15, -0.1) is 12.6 Å². The predicted octanol–water partition coefficient (Wildman–Crippen LogP) is 7.90. The van der Waals surface area contributed by atoms with E-state index in [-0.39, 0.29) is 16.9 Å². The molecule has 164 valence electrons. The van der Waals surface area contributed by atoms with Crippen molar-refractivity contribution in [1.29, 1.82) is 0 Å². The third kappa shape index (κ3) is 7.19. The van der Waals surface area contributed by atoms with Crippen LogP contribution in [0.15, 0.2) is 63.7 Å². The summed E-state index contributed by atoms with van der Waals surface area (Å²) < 4.78 is 0. The number of allylic oxidation sites excluding steroid dienone is 3. The number of hydrogen-bond donors (Lipinski definition) is 1. The highest BCUT2D eigenvalue weighted by molar-refractivity contribution is 7.84. The Hall–Kier alpha value is -1.74. The molecule has 1 heterocycles. The maximum Gasteiger partial charge on any atom is 0.100 e. The van der Waals surface area contributed by atoms with E-state index >= 15 is 0 Å². The molecule has 1 aromatic rings. The van der Waals surface area contributed by atoms with E-state index in [4.69, 9.17) is 12.6 Å². The van der Waals surface area contributed by atoms with Gasteiger partial charge in [-0.1, -0.05) is 102 Å². The molecule has 30 heavy (non-hydrogen) atoms. The van der Waals surface area contributed by atoms with Crippen molar-refractivity contribution in [2.24, 2.45) is 15.8 Å². The lowest BCUT2D eigenvalue weighted by molar-refractivity contribution is 0.328. The van der Waals surface area contributed by atoms with Crippen molar-refractivity contribution in [3.8, 4) is 0 Å². The van der Waals surface area contributed by atoms with Crippen molar-refractivity contribution in [3.63, 3.8) is 0 Å². The minimum atomic E-state index is 0.117. The van der Waals surface area contributed by atoms with Crippen LogP contribution >= 0.6 is 12.6 Å². The third-order valence-electron chi connectivity index (χ3n) is 5.42. The predicted molar refractivity (Wildman–Crippen MR) is 136 cm³/mol. The molecule has 1 aromatic carbocycles. The van der Waals surface area contributed by atoms with Gasteiger partial charge in [-0.05, 0) is 36.2 Å². The smallest absolute Gasteiger partial charge is 0.100 e. The van der Waals surface area contributed by atoms with E-state index in [1.165, 1.54) is 29.5 Å². The molecule has 1 aliphatic heterocycles. The Morgan fingerprint density at radius 3 is 2.33 bits per heavy atom. The molecular weight excluding hydrogens is 384 g/mol. The first-order valence-electron chi connectivity index (χ1n) is 11.1. The molecule has 2 nitrogen and oxygen atoms in total. The Kier molecular flexibility index (Phi) is 8.21. The first-order valence-corrected chi connectivity index (χ1v) is 11.5. The second kappa shape index (κ2) is 10.0. The molecule has 1 atom stereocenters. The summed E-state index contributed by atoms with van der Waals surface area (Å²) >= 11 is 4.72. The van der Waals surface area contributed by atoms with Gasteiger partial charge in [0, 0.05) is 12.6 Å². The zero-order valence-corrected chi connectivity index (χ0v) is 21.1. The van der Waals surface area contributed by atoms with E-state index in [0.717, 1.165) is 17.0 Å². The molecule has 0 aromatic heterocycles. The topological polar surface area (TPSA) is 15.6 Å². The van der Waals surface area contributed by atoms with Crippen LogP contribution in [0.1, 0.15) is 78.0 Å². The van der Waals surface area contributed by atoms with Gasteiger partial charge < -0.3 is 4.90 Å². The summed E-state index contributed by atoms with van der Waals surface area (Å²) in [6, 6.07) is 8.88. The van der Waals surface area contributed by atoms with Gasteiger partial charge in [0.25, 0.3) is 0 Å². The fourth-order valence-corrected chi connectivity index (χ4v) is 4.44. The molecule has 0 amide bonds. The van der Waals surface area contributed by atoms with Gasteiger partial charge in [0.05, 0.1) is 12.4 Å². The average Bonchev–Trinajstić information content (AvgIpc) is 2.61. The van der Waals surface area contributed by atoms with Gasteiger partial charge in [-0.25, -0.2) is 4.99 Å². The molecule has 0 fully saturated rings. The highest BCUT2D eigenvalue weighted by Crippen LogP contribution is 2.37. The molecule has 0 saturated heterocycles. The number of rotatable bonds is 7. The monoisotopic (exact) mass is 424 g/mol. The number of likely N-dealkylation sites (N-methyl/N-ethyl adjacent to an activating group) is 1. The van der Waals surface area contributed by atoms with Gasteiger partial charge in [-0.3, -0.25) is 0 Å². The van der Waals surface area contributed by atoms with Crippen LogP contribution in [-0.4, -0.2) is 18.3 Å².